The van der Waals surface area contributed by atoms with E-state index in [1.807, 2.05) is 44.4 Å². The minimum Gasteiger partial charge on any atom is -0.326 e. The Morgan fingerprint density at radius 2 is 1.73 bits per heavy atom. The van der Waals surface area contributed by atoms with Gasteiger partial charge in [-0.1, -0.05) is 24.3 Å². The summed E-state index contributed by atoms with van der Waals surface area (Å²) in [5, 5.41) is 0. The first-order valence-electron chi connectivity index (χ1n) is 8.50. The summed E-state index contributed by atoms with van der Waals surface area (Å²) in [6, 6.07) is 13.0. The highest BCUT2D eigenvalue weighted by molar-refractivity contribution is 7.92. The van der Waals surface area contributed by atoms with E-state index in [4.69, 9.17) is 5.73 Å². The molecule has 2 aromatic rings. The highest BCUT2D eigenvalue weighted by atomic mass is 35.5. The number of nitrogens with zero attached hydrogens (tertiary/aromatic N) is 2. The lowest BCUT2D eigenvalue weighted by Crippen LogP contribution is -2.35. The van der Waals surface area contributed by atoms with Crippen LogP contribution in [0.4, 0.5) is 5.69 Å². The summed E-state index contributed by atoms with van der Waals surface area (Å²) in [6.07, 6.45) is 1.70. The summed E-state index contributed by atoms with van der Waals surface area (Å²) in [4.78, 5) is 2.39. The number of rotatable bonds is 5. The zero-order valence-corrected chi connectivity index (χ0v) is 16.8. The smallest absolute Gasteiger partial charge is 0.264 e. The Morgan fingerprint density at radius 3 is 2.35 bits per heavy atom. The molecule has 7 heteroatoms. The number of hydrogen-bond donors (Lipinski definition) is 1. The number of anilines is 1. The van der Waals surface area contributed by atoms with Gasteiger partial charge in [-0.05, 0) is 61.8 Å². The Kier molecular flexibility index (Phi) is 6.69. The normalized spacial score (nSPS) is 14.1. The number of halogens is 1. The van der Waals surface area contributed by atoms with Crippen molar-refractivity contribution in [3.8, 4) is 0 Å². The van der Waals surface area contributed by atoms with E-state index < -0.39 is 10.0 Å². The van der Waals surface area contributed by atoms with Crippen molar-refractivity contribution in [1.29, 1.82) is 0 Å². The van der Waals surface area contributed by atoms with Crippen molar-refractivity contribution < 1.29 is 8.42 Å². The molecule has 0 aromatic heterocycles. The molecule has 2 N–H and O–H groups in total. The predicted octanol–water partition coefficient (Wildman–Crippen LogP) is 2.77. The summed E-state index contributed by atoms with van der Waals surface area (Å²) < 4.78 is 27.8. The van der Waals surface area contributed by atoms with Crippen LogP contribution in [-0.4, -0.2) is 34.0 Å². The van der Waals surface area contributed by atoms with Crippen molar-refractivity contribution in [1.82, 2.24) is 4.90 Å². The topological polar surface area (TPSA) is 66.6 Å². The van der Waals surface area contributed by atoms with Crippen molar-refractivity contribution in [3.63, 3.8) is 0 Å². The summed E-state index contributed by atoms with van der Waals surface area (Å²) >= 11 is 0. The number of sulfonamides is 1. The van der Waals surface area contributed by atoms with Crippen LogP contribution in [0.1, 0.15) is 23.1 Å². The monoisotopic (exact) mass is 395 g/mol. The molecule has 0 spiro atoms. The van der Waals surface area contributed by atoms with Gasteiger partial charge in [-0.3, -0.25) is 4.31 Å². The van der Waals surface area contributed by atoms with Gasteiger partial charge in [-0.2, -0.15) is 0 Å². The minimum absolute atomic E-state index is 0. The Labute approximate surface area is 162 Å². The molecule has 0 saturated carbocycles. The summed E-state index contributed by atoms with van der Waals surface area (Å²) in [5.74, 6) is 0. The van der Waals surface area contributed by atoms with Crippen molar-refractivity contribution in [2.75, 3.05) is 24.9 Å². The third-order valence-electron chi connectivity index (χ3n) is 4.47. The number of aryl methyl sites for hydroxylation is 1. The number of hydrogen-bond acceptors (Lipinski definition) is 4. The molecule has 0 unspecified atom stereocenters. The SMILES string of the molecule is CN(C)Cc1ccc(S(=O)(=O)N2CCCc3cc(CN)ccc32)cc1.Cl. The van der Waals surface area contributed by atoms with Gasteiger partial charge in [0.2, 0.25) is 0 Å². The van der Waals surface area contributed by atoms with Crippen LogP contribution in [0, 0.1) is 0 Å². The molecule has 3 rings (SSSR count). The summed E-state index contributed by atoms with van der Waals surface area (Å²) in [6.45, 7) is 1.76. The number of nitrogens with two attached hydrogens (primary N) is 1. The first-order valence-corrected chi connectivity index (χ1v) is 9.94. The Morgan fingerprint density at radius 1 is 1.08 bits per heavy atom. The quantitative estimate of drug-likeness (QED) is 0.845. The first-order chi connectivity index (χ1) is 11.9. The van der Waals surface area contributed by atoms with Gasteiger partial charge in [0.25, 0.3) is 10.0 Å². The predicted molar refractivity (Wildman–Crippen MR) is 108 cm³/mol. The van der Waals surface area contributed by atoms with Crippen LogP contribution in [0.2, 0.25) is 0 Å². The van der Waals surface area contributed by atoms with Gasteiger partial charge >= 0.3 is 0 Å². The number of fused-ring (bicyclic) bond motifs is 1. The fourth-order valence-electron chi connectivity index (χ4n) is 3.25. The van der Waals surface area contributed by atoms with E-state index in [-0.39, 0.29) is 12.4 Å². The van der Waals surface area contributed by atoms with Crippen LogP contribution < -0.4 is 10.0 Å². The van der Waals surface area contributed by atoms with Gasteiger partial charge in [-0.25, -0.2) is 8.42 Å². The van der Waals surface area contributed by atoms with Gasteiger partial charge in [-0.15, -0.1) is 12.4 Å². The second-order valence-electron chi connectivity index (χ2n) is 6.73. The van der Waals surface area contributed by atoms with E-state index in [0.717, 1.165) is 41.8 Å². The van der Waals surface area contributed by atoms with Gasteiger partial charge in [0.05, 0.1) is 10.6 Å². The zero-order valence-electron chi connectivity index (χ0n) is 15.2. The summed E-state index contributed by atoms with van der Waals surface area (Å²) in [5.41, 5.74) is 9.67. The van der Waals surface area contributed by atoms with E-state index in [0.29, 0.717) is 18.0 Å². The molecule has 0 bridgehead atoms. The first kappa shape index (κ1) is 20.7. The Hall–Kier alpha value is -1.60. The van der Waals surface area contributed by atoms with E-state index >= 15 is 0 Å². The van der Waals surface area contributed by atoms with E-state index in [9.17, 15) is 8.42 Å². The molecule has 26 heavy (non-hydrogen) atoms. The van der Waals surface area contributed by atoms with E-state index in [2.05, 4.69) is 4.90 Å². The molecule has 0 fully saturated rings. The second-order valence-corrected chi connectivity index (χ2v) is 8.59. The van der Waals surface area contributed by atoms with Crippen molar-refractivity contribution >= 4 is 28.1 Å². The molecule has 2 aromatic carbocycles. The molecule has 0 saturated heterocycles. The standard InChI is InChI=1S/C19H25N3O2S.ClH/c1-21(2)14-15-5-8-18(9-6-15)25(23,24)22-11-3-4-17-12-16(13-20)7-10-19(17)22;/h5-10,12H,3-4,11,13-14,20H2,1-2H3;1H. The molecule has 1 heterocycles. The lowest BCUT2D eigenvalue weighted by Gasteiger charge is -2.31. The van der Waals surface area contributed by atoms with Crippen LogP contribution in [0.15, 0.2) is 47.4 Å². The van der Waals surface area contributed by atoms with Crippen LogP contribution >= 0.6 is 12.4 Å². The van der Waals surface area contributed by atoms with Crippen LogP contribution in [0.5, 0.6) is 0 Å². The maximum atomic E-state index is 13.1. The van der Waals surface area contributed by atoms with Gasteiger partial charge < -0.3 is 10.6 Å². The molecular weight excluding hydrogens is 370 g/mol. The molecule has 0 atom stereocenters. The van der Waals surface area contributed by atoms with E-state index in [1.165, 1.54) is 4.31 Å². The van der Waals surface area contributed by atoms with Crippen molar-refractivity contribution in [2.24, 2.45) is 5.73 Å². The molecule has 5 nitrogen and oxygen atoms in total. The Balaban J connectivity index is 0.00000243. The zero-order chi connectivity index (χ0) is 18.0. The highest BCUT2D eigenvalue weighted by Crippen LogP contribution is 2.32. The minimum atomic E-state index is -3.55. The van der Waals surface area contributed by atoms with Crippen LogP contribution in [0.3, 0.4) is 0 Å². The van der Waals surface area contributed by atoms with Gasteiger partial charge in [0.1, 0.15) is 0 Å². The average molecular weight is 396 g/mol. The molecule has 1 aliphatic heterocycles. The molecule has 0 aliphatic carbocycles. The van der Waals surface area contributed by atoms with Crippen LogP contribution in [0.25, 0.3) is 0 Å². The molecule has 0 radical (unpaired) electrons. The fourth-order valence-corrected chi connectivity index (χ4v) is 4.79. The van der Waals surface area contributed by atoms with Gasteiger partial charge in [0.15, 0.2) is 0 Å². The van der Waals surface area contributed by atoms with Crippen molar-refractivity contribution in [3.05, 3.63) is 59.2 Å². The Bertz CT molecular complexity index is 852. The largest absolute Gasteiger partial charge is 0.326 e. The van der Waals surface area contributed by atoms with E-state index in [1.54, 1.807) is 12.1 Å². The average Bonchev–Trinajstić information content (AvgIpc) is 2.60. The second kappa shape index (κ2) is 8.39. The third-order valence-corrected chi connectivity index (χ3v) is 6.29. The number of benzene rings is 2. The summed E-state index contributed by atoms with van der Waals surface area (Å²) in [7, 11) is 0.430. The van der Waals surface area contributed by atoms with Gasteiger partial charge in [0, 0.05) is 19.6 Å². The fraction of sp³-hybridized carbons (Fsp3) is 0.368. The molecular formula is C19H26ClN3O2S. The van der Waals surface area contributed by atoms with Crippen LogP contribution in [-0.2, 0) is 29.5 Å². The maximum Gasteiger partial charge on any atom is 0.264 e. The molecule has 142 valence electrons. The lowest BCUT2D eigenvalue weighted by molar-refractivity contribution is 0.402. The maximum absolute atomic E-state index is 13.1. The lowest BCUT2D eigenvalue weighted by atomic mass is 10.0. The van der Waals surface area contributed by atoms with Crippen molar-refractivity contribution in [2.45, 2.75) is 30.8 Å². The highest BCUT2D eigenvalue weighted by Gasteiger charge is 2.29. The third kappa shape index (κ3) is 4.20. The molecule has 0 amide bonds. The molecule has 1 aliphatic rings.